The first-order valence-electron chi connectivity index (χ1n) is 8.06. The van der Waals surface area contributed by atoms with Gasteiger partial charge in [-0.1, -0.05) is 34.6 Å². The summed E-state index contributed by atoms with van der Waals surface area (Å²) in [5.74, 6) is -1.13. The van der Waals surface area contributed by atoms with E-state index in [0.29, 0.717) is 5.92 Å². The van der Waals surface area contributed by atoms with Crippen LogP contribution in [-0.4, -0.2) is 23.0 Å². The van der Waals surface area contributed by atoms with Crippen molar-refractivity contribution in [1.29, 1.82) is 0 Å². The molecule has 1 amide bonds. The fourth-order valence-corrected chi connectivity index (χ4v) is 5.27. The van der Waals surface area contributed by atoms with E-state index in [1.807, 2.05) is 13.8 Å². The fourth-order valence-electron chi connectivity index (χ4n) is 5.27. The van der Waals surface area contributed by atoms with Crippen LogP contribution in [0.5, 0.6) is 0 Å². The Hall–Kier alpha value is -1.06. The summed E-state index contributed by atoms with van der Waals surface area (Å²) in [7, 11) is 0. The molecular weight excluding hydrogens is 266 g/mol. The Labute approximate surface area is 126 Å². The van der Waals surface area contributed by atoms with Crippen LogP contribution in [0.3, 0.4) is 0 Å². The summed E-state index contributed by atoms with van der Waals surface area (Å²) in [4.78, 5) is 23.8. The molecule has 2 bridgehead atoms. The molecule has 5 atom stereocenters. The molecule has 0 aromatic heterocycles. The van der Waals surface area contributed by atoms with E-state index in [1.165, 1.54) is 6.42 Å². The third-order valence-corrected chi connectivity index (χ3v) is 7.49. The first kappa shape index (κ1) is 14.9. The molecule has 0 heterocycles. The number of carboxylic acid groups (broad SMARTS) is 1. The molecule has 118 valence electrons. The first-order valence-corrected chi connectivity index (χ1v) is 8.06. The van der Waals surface area contributed by atoms with Crippen LogP contribution in [0.25, 0.3) is 0 Å². The number of fused-ring (bicyclic) bond motifs is 2. The molecule has 5 unspecified atom stereocenters. The number of hydrogen-bond acceptors (Lipinski definition) is 2. The lowest BCUT2D eigenvalue weighted by Gasteiger charge is -2.39. The zero-order chi connectivity index (χ0) is 15.8. The van der Waals surface area contributed by atoms with Crippen molar-refractivity contribution in [2.24, 2.45) is 34.0 Å². The molecule has 4 nitrogen and oxygen atoms in total. The van der Waals surface area contributed by atoms with Crippen molar-refractivity contribution < 1.29 is 14.7 Å². The van der Waals surface area contributed by atoms with Crippen LogP contribution >= 0.6 is 0 Å². The summed E-state index contributed by atoms with van der Waals surface area (Å²) in [6.45, 7) is 10.7. The SMILES string of the molecule is CC1(C)C(C(=O)O)C1C(=O)NC1CC2CCC1(C)C2(C)C. The quantitative estimate of drug-likeness (QED) is 0.840. The molecule has 0 saturated heterocycles. The maximum absolute atomic E-state index is 12.5. The standard InChI is InChI=1S/C17H27NO3/c1-15(2)11(12(15)14(20)21)13(19)18-10-8-9-6-7-17(10,5)16(9,3)4/h9-12H,6-8H2,1-5H3,(H,18,19)(H,20,21). The molecule has 3 saturated carbocycles. The summed E-state index contributed by atoms with van der Waals surface area (Å²) in [5.41, 5.74) is -0.00868. The minimum absolute atomic E-state index is 0.0537. The number of carboxylic acids is 1. The second-order valence-electron chi connectivity index (χ2n) is 8.79. The van der Waals surface area contributed by atoms with Gasteiger partial charge in [-0.15, -0.1) is 0 Å². The van der Waals surface area contributed by atoms with E-state index in [9.17, 15) is 14.7 Å². The Kier molecular flexibility index (Phi) is 2.84. The van der Waals surface area contributed by atoms with Gasteiger partial charge in [-0.2, -0.15) is 0 Å². The Morgan fingerprint density at radius 1 is 1.10 bits per heavy atom. The van der Waals surface area contributed by atoms with Gasteiger partial charge in [-0.25, -0.2) is 0 Å². The number of aliphatic carboxylic acids is 1. The van der Waals surface area contributed by atoms with Crippen molar-refractivity contribution in [3.63, 3.8) is 0 Å². The lowest BCUT2D eigenvalue weighted by molar-refractivity contribution is -0.140. The highest BCUT2D eigenvalue weighted by molar-refractivity contribution is 5.91. The number of carbonyl (C=O) groups is 2. The summed E-state index contributed by atoms with van der Waals surface area (Å²) in [5, 5.41) is 12.4. The van der Waals surface area contributed by atoms with Gasteiger partial charge in [0.2, 0.25) is 5.91 Å². The number of rotatable bonds is 3. The van der Waals surface area contributed by atoms with E-state index >= 15 is 0 Å². The lowest BCUT2D eigenvalue weighted by atomic mass is 9.69. The smallest absolute Gasteiger partial charge is 0.307 e. The van der Waals surface area contributed by atoms with Gasteiger partial charge in [-0.05, 0) is 41.4 Å². The fraction of sp³-hybridized carbons (Fsp3) is 0.882. The van der Waals surface area contributed by atoms with E-state index in [2.05, 4.69) is 26.1 Å². The predicted molar refractivity (Wildman–Crippen MR) is 79.6 cm³/mol. The van der Waals surface area contributed by atoms with Gasteiger partial charge in [0.1, 0.15) is 0 Å². The van der Waals surface area contributed by atoms with Crippen molar-refractivity contribution in [1.82, 2.24) is 5.32 Å². The van der Waals surface area contributed by atoms with E-state index in [4.69, 9.17) is 0 Å². The third kappa shape index (κ3) is 1.74. The van der Waals surface area contributed by atoms with Crippen molar-refractivity contribution >= 4 is 11.9 Å². The van der Waals surface area contributed by atoms with Crippen molar-refractivity contribution in [2.75, 3.05) is 0 Å². The molecule has 0 radical (unpaired) electrons. The minimum atomic E-state index is -0.848. The third-order valence-electron chi connectivity index (χ3n) is 7.49. The predicted octanol–water partition coefficient (Wildman–Crippen LogP) is 2.67. The van der Waals surface area contributed by atoms with Crippen LogP contribution in [0.1, 0.15) is 53.9 Å². The van der Waals surface area contributed by atoms with Crippen molar-refractivity contribution in [3.8, 4) is 0 Å². The molecule has 21 heavy (non-hydrogen) atoms. The Bertz CT molecular complexity index is 510. The molecule has 0 aromatic rings. The van der Waals surface area contributed by atoms with Gasteiger partial charge < -0.3 is 10.4 Å². The van der Waals surface area contributed by atoms with E-state index in [1.54, 1.807) is 0 Å². The molecule has 3 rings (SSSR count). The normalized spacial score (nSPS) is 45.4. The Morgan fingerprint density at radius 2 is 1.71 bits per heavy atom. The van der Waals surface area contributed by atoms with Crippen LogP contribution in [0, 0.1) is 34.0 Å². The van der Waals surface area contributed by atoms with E-state index < -0.39 is 17.3 Å². The second-order valence-corrected chi connectivity index (χ2v) is 8.79. The lowest BCUT2D eigenvalue weighted by Crippen LogP contribution is -2.47. The van der Waals surface area contributed by atoms with Crippen molar-refractivity contribution in [2.45, 2.75) is 59.9 Å². The highest BCUT2D eigenvalue weighted by Crippen LogP contribution is 2.66. The monoisotopic (exact) mass is 293 g/mol. The molecule has 3 aliphatic rings. The molecule has 3 fully saturated rings. The maximum Gasteiger partial charge on any atom is 0.307 e. The van der Waals surface area contributed by atoms with Gasteiger partial charge in [0, 0.05) is 6.04 Å². The minimum Gasteiger partial charge on any atom is -0.481 e. The van der Waals surface area contributed by atoms with E-state index in [-0.39, 0.29) is 28.7 Å². The Balaban J connectivity index is 1.72. The number of nitrogens with one attached hydrogen (secondary N) is 1. The van der Waals surface area contributed by atoms with Crippen LogP contribution in [0.4, 0.5) is 0 Å². The summed E-state index contributed by atoms with van der Waals surface area (Å²) >= 11 is 0. The molecule has 0 spiro atoms. The first-order chi connectivity index (χ1) is 9.53. The van der Waals surface area contributed by atoms with Gasteiger partial charge in [0.15, 0.2) is 0 Å². The van der Waals surface area contributed by atoms with Crippen LogP contribution in [-0.2, 0) is 9.59 Å². The molecular formula is C17H27NO3. The number of carbonyl (C=O) groups excluding carboxylic acids is 1. The second kappa shape index (κ2) is 4.02. The molecule has 4 heteroatoms. The van der Waals surface area contributed by atoms with Crippen LogP contribution in [0.15, 0.2) is 0 Å². The van der Waals surface area contributed by atoms with Gasteiger partial charge in [0.05, 0.1) is 11.8 Å². The van der Waals surface area contributed by atoms with Crippen molar-refractivity contribution in [3.05, 3.63) is 0 Å². The Morgan fingerprint density at radius 3 is 2.10 bits per heavy atom. The summed E-state index contributed by atoms with van der Waals surface area (Å²) in [6.07, 6.45) is 3.45. The summed E-state index contributed by atoms with van der Waals surface area (Å²) in [6, 6.07) is 0.199. The van der Waals surface area contributed by atoms with Crippen LogP contribution < -0.4 is 5.32 Å². The highest BCUT2D eigenvalue weighted by Gasteiger charge is 2.67. The summed E-state index contributed by atoms with van der Waals surface area (Å²) < 4.78 is 0. The topological polar surface area (TPSA) is 66.4 Å². The average Bonchev–Trinajstić information content (AvgIpc) is 2.80. The van der Waals surface area contributed by atoms with Crippen LogP contribution in [0.2, 0.25) is 0 Å². The highest BCUT2D eigenvalue weighted by atomic mass is 16.4. The van der Waals surface area contributed by atoms with Gasteiger partial charge >= 0.3 is 5.97 Å². The largest absolute Gasteiger partial charge is 0.481 e. The molecule has 2 N–H and O–H groups in total. The average molecular weight is 293 g/mol. The van der Waals surface area contributed by atoms with Gasteiger partial charge in [0.25, 0.3) is 0 Å². The maximum atomic E-state index is 12.5. The molecule has 3 aliphatic carbocycles. The number of hydrogen-bond donors (Lipinski definition) is 2. The number of amides is 1. The van der Waals surface area contributed by atoms with Gasteiger partial charge in [-0.3, -0.25) is 9.59 Å². The zero-order valence-corrected chi connectivity index (χ0v) is 13.7. The molecule has 0 aromatic carbocycles. The zero-order valence-electron chi connectivity index (χ0n) is 13.7. The molecule has 0 aliphatic heterocycles. The van der Waals surface area contributed by atoms with E-state index in [0.717, 1.165) is 12.8 Å².